The second-order valence-electron chi connectivity index (χ2n) is 15.0. The summed E-state index contributed by atoms with van der Waals surface area (Å²) in [6.45, 7) is 27.0. The van der Waals surface area contributed by atoms with Gasteiger partial charge in [-0.15, -0.1) is 0 Å². The van der Waals surface area contributed by atoms with Crippen molar-refractivity contribution < 1.29 is 29.2 Å². The number of rotatable bonds is 23. The molecule has 238 valence electrons. The fraction of sp³-hybridized carbons (Fsp3) is 1.00. The van der Waals surface area contributed by atoms with Crippen LogP contribution in [0.2, 0.25) is 0 Å². The summed E-state index contributed by atoms with van der Waals surface area (Å²) < 4.78 is 24.6. The maximum atomic E-state index is 10.2. The minimum Gasteiger partial charge on any atom is -0.389 e. The van der Waals surface area contributed by atoms with Gasteiger partial charge in [-0.1, -0.05) is 0 Å². The third kappa shape index (κ3) is 15.8. The highest BCUT2D eigenvalue weighted by molar-refractivity contribution is 4.87. The topological polar surface area (TPSA) is 83.4 Å². The molecule has 0 spiro atoms. The molecule has 0 aliphatic carbocycles. The van der Waals surface area contributed by atoms with Crippen LogP contribution >= 0.6 is 0 Å². The number of aliphatic hydroxyl groups is 2. The molecule has 2 saturated heterocycles. The molecule has 2 aliphatic heterocycles. The van der Waals surface area contributed by atoms with Crippen molar-refractivity contribution in [3.63, 3.8) is 0 Å². The molecular weight excluding hydrogens is 508 g/mol. The molecule has 8 heteroatoms. The van der Waals surface area contributed by atoms with E-state index >= 15 is 0 Å². The van der Waals surface area contributed by atoms with Crippen LogP contribution in [0.4, 0.5) is 0 Å². The maximum Gasteiger partial charge on any atom is 0.0900 e. The molecule has 0 aromatic heterocycles. The zero-order valence-electron chi connectivity index (χ0n) is 27.6. The molecule has 2 aliphatic rings. The number of aliphatic hydroxyl groups excluding tert-OH is 2. The van der Waals surface area contributed by atoms with E-state index in [4.69, 9.17) is 18.9 Å². The van der Waals surface area contributed by atoms with Crippen LogP contribution in [0.1, 0.15) is 108 Å². The van der Waals surface area contributed by atoms with Crippen molar-refractivity contribution in [1.82, 2.24) is 9.80 Å². The van der Waals surface area contributed by atoms with Gasteiger partial charge in [0.05, 0.1) is 47.8 Å². The van der Waals surface area contributed by atoms with Crippen molar-refractivity contribution in [2.75, 3.05) is 52.6 Å². The van der Waals surface area contributed by atoms with Gasteiger partial charge in [-0.3, -0.25) is 9.80 Å². The lowest BCUT2D eigenvalue weighted by atomic mass is 9.93. The lowest BCUT2D eigenvalue weighted by Gasteiger charge is -2.33. The summed E-state index contributed by atoms with van der Waals surface area (Å²) in [5, 5.41) is 20.4. The van der Waals surface area contributed by atoms with Crippen LogP contribution in [-0.2, 0) is 18.9 Å². The maximum absolute atomic E-state index is 10.2. The lowest BCUT2D eigenvalue weighted by Crippen LogP contribution is -2.34. The average Bonchev–Trinajstić information content (AvgIpc) is 3.74. The molecule has 0 radical (unpaired) electrons. The number of hydrogen-bond donors (Lipinski definition) is 2. The number of β-amino-alcohol motifs (C(OH)–C–C–N with tert-alkyl or cyclic N) is 2. The minimum absolute atomic E-state index is 0.220. The second kappa shape index (κ2) is 15.4. The van der Waals surface area contributed by atoms with Crippen molar-refractivity contribution in [2.45, 2.75) is 154 Å². The fourth-order valence-electron chi connectivity index (χ4n) is 4.97. The Morgan fingerprint density at radius 3 is 1.18 bits per heavy atom. The lowest BCUT2D eigenvalue weighted by molar-refractivity contribution is -0.0863. The van der Waals surface area contributed by atoms with E-state index in [9.17, 15) is 10.2 Å². The van der Waals surface area contributed by atoms with E-state index in [0.29, 0.717) is 51.6 Å². The monoisotopic (exact) mass is 572 g/mol. The first-order valence-electron chi connectivity index (χ1n) is 15.8. The Morgan fingerprint density at radius 1 is 0.575 bits per heavy atom. The summed E-state index contributed by atoms with van der Waals surface area (Å²) in [5.41, 5.74) is -0.991. The van der Waals surface area contributed by atoms with E-state index in [1.807, 2.05) is 0 Å². The van der Waals surface area contributed by atoms with Gasteiger partial charge in [0.25, 0.3) is 0 Å². The van der Waals surface area contributed by atoms with Crippen molar-refractivity contribution in [1.29, 1.82) is 0 Å². The first-order chi connectivity index (χ1) is 18.4. The molecular formula is C32H64N2O6. The van der Waals surface area contributed by atoms with E-state index in [2.05, 4.69) is 79.0 Å². The predicted molar refractivity (Wildman–Crippen MR) is 162 cm³/mol. The summed E-state index contributed by atoms with van der Waals surface area (Å²) >= 11 is 0. The second-order valence-corrected chi connectivity index (χ2v) is 15.0. The van der Waals surface area contributed by atoms with Crippen LogP contribution in [-0.4, -0.2) is 119 Å². The third-order valence-electron chi connectivity index (χ3n) is 8.36. The Morgan fingerprint density at radius 2 is 0.875 bits per heavy atom. The molecule has 0 aromatic rings. The molecule has 0 amide bonds. The molecule has 2 N–H and O–H groups in total. The largest absolute Gasteiger partial charge is 0.389 e. The van der Waals surface area contributed by atoms with Gasteiger partial charge in [-0.2, -0.15) is 0 Å². The summed E-state index contributed by atoms with van der Waals surface area (Å²) in [7, 11) is 0. The Hall–Kier alpha value is -0.320. The number of ether oxygens (including phenoxy) is 4. The van der Waals surface area contributed by atoms with Crippen molar-refractivity contribution in [2.24, 2.45) is 0 Å². The predicted octanol–water partition coefficient (Wildman–Crippen LogP) is 4.64. The van der Waals surface area contributed by atoms with Gasteiger partial charge in [0, 0.05) is 51.5 Å². The molecule has 40 heavy (non-hydrogen) atoms. The van der Waals surface area contributed by atoms with Gasteiger partial charge in [0.2, 0.25) is 0 Å². The number of hydrogen-bond acceptors (Lipinski definition) is 8. The molecule has 0 bridgehead atoms. The Balaban J connectivity index is 1.54. The van der Waals surface area contributed by atoms with Crippen LogP contribution in [0.5, 0.6) is 0 Å². The quantitative estimate of drug-likeness (QED) is 0.135. The van der Waals surface area contributed by atoms with Crippen molar-refractivity contribution in [3.05, 3.63) is 0 Å². The Bertz CT molecular complexity index is 668. The van der Waals surface area contributed by atoms with Gasteiger partial charge >= 0.3 is 0 Å². The highest BCUT2D eigenvalue weighted by atomic mass is 16.5. The van der Waals surface area contributed by atoms with Gasteiger partial charge in [0.15, 0.2) is 0 Å². The van der Waals surface area contributed by atoms with Gasteiger partial charge in [-0.25, -0.2) is 0 Å². The van der Waals surface area contributed by atoms with Crippen molar-refractivity contribution in [3.8, 4) is 0 Å². The minimum atomic E-state index is -0.428. The molecule has 6 atom stereocenters. The highest BCUT2D eigenvalue weighted by Gasteiger charge is 2.32. The van der Waals surface area contributed by atoms with Crippen LogP contribution in [0.25, 0.3) is 0 Å². The molecule has 2 fully saturated rings. The van der Waals surface area contributed by atoms with Crippen LogP contribution in [0.15, 0.2) is 0 Å². The van der Waals surface area contributed by atoms with E-state index in [1.54, 1.807) is 0 Å². The van der Waals surface area contributed by atoms with E-state index in [-0.39, 0.29) is 22.4 Å². The summed E-state index contributed by atoms with van der Waals surface area (Å²) in [6, 6.07) is 1.20. The van der Waals surface area contributed by atoms with Crippen LogP contribution < -0.4 is 0 Å². The van der Waals surface area contributed by atoms with E-state index in [1.165, 1.54) is 0 Å². The zero-order chi connectivity index (χ0) is 30.2. The normalized spacial score (nSPS) is 25.2. The SMILES string of the molecule is CC1CN1CC(O)COC(C)(C)CCCOC(C)(C)CCC(C)(C)OCCCC(C)(C)OCC(O)CN1CC1C. The van der Waals surface area contributed by atoms with Crippen LogP contribution in [0, 0.1) is 0 Å². The van der Waals surface area contributed by atoms with Crippen LogP contribution in [0.3, 0.4) is 0 Å². The molecule has 6 unspecified atom stereocenters. The van der Waals surface area contributed by atoms with Gasteiger partial charge in [0.1, 0.15) is 0 Å². The molecule has 8 nitrogen and oxygen atoms in total. The standard InChI is InChI=1S/C32H64N2O6/c1-25-19-33(25)21-27(35)23-39-29(3,4)13-11-17-37-31(7,8)15-16-32(9,10)38-18-12-14-30(5,6)40-24-28(36)22-34-20-26(34)2/h25-28,35-36H,11-24H2,1-10H3. The average molecular weight is 573 g/mol. The first kappa shape index (κ1) is 35.9. The smallest absolute Gasteiger partial charge is 0.0900 e. The molecule has 0 aromatic carbocycles. The highest BCUT2D eigenvalue weighted by Crippen LogP contribution is 2.27. The fourth-order valence-corrected chi connectivity index (χ4v) is 4.97. The summed E-state index contributed by atoms with van der Waals surface area (Å²) in [4.78, 5) is 4.51. The number of nitrogens with zero attached hydrogens (tertiary/aromatic N) is 2. The van der Waals surface area contributed by atoms with Crippen molar-refractivity contribution >= 4 is 0 Å². The van der Waals surface area contributed by atoms with E-state index in [0.717, 1.165) is 51.6 Å². The summed E-state index contributed by atoms with van der Waals surface area (Å²) in [5.74, 6) is 0. The Labute approximate surface area is 246 Å². The third-order valence-corrected chi connectivity index (χ3v) is 8.36. The summed E-state index contributed by atoms with van der Waals surface area (Å²) in [6.07, 6.45) is 4.60. The molecule has 2 heterocycles. The van der Waals surface area contributed by atoms with Gasteiger partial charge < -0.3 is 29.2 Å². The van der Waals surface area contributed by atoms with E-state index < -0.39 is 12.2 Å². The Kier molecular flexibility index (Phi) is 13.8. The zero-order valence-corrected chi connectivity index (χ0v) is 27.6. The van der Waals surface area contributed by atoms with Gasteiger partial charge in [-0.05, 0) is 108 Å². The molecule has 0 saturated carbocycles. The first-order valence-corrected chi connectivity index (χ1v) is 15.8. The molecule has 2 rings (SSSR count).